The molecule has 1 saturated heterocycles. The van der Waals surface area contributed by atoms with Gasteiger partial charge in [0.25, 0.3) is 5.91 Å². The molecule has 0 aromatic heterocycles. The van der Waals surface area contributed by atoms with Crippen LogP contribution in [-0.2, 0) is 22.7 Å². The first kappa shape index (κ1) is 26.8. The molecule has 2 aromatic rings. The fraction of sp³-hybridized carbons (Fsp3) is 0.333. The molecule has 0 spiro atoms. The van der Waals surface area contributed by atoms with Gasteiger partial charge < -0.3 is 15.7 Å². The third-order valence-electron chi connectivity index (χ3n) is 5.39. The summed E-state index contributed by atoms with van der Waals surface area (Å²) < 4.78 is 14.4. The van der Waals surface area contributed by atoms with Crippen LogP contribution >= 0.6 is 0 Å². The molecule has 0 aliphatic carbocycles. The van der Waals surface area contributed by atoms with Crippen LogP contribution in [0.5, 0.6) is 0 Å². The highest BCUT2D eigenvalue weighted by Crippen LogP contribution is 2.28. The number of amides is 2. The van der Waals surface area contributed by atoms with Crippen LogP contribution in [0, 0.1) is 5.82 Å². The maximum absolute atomic E-state index is 14.4. The third-order valence-corrected chi connectivity index (χ3v) is 5.39. The lowest BCUT2D eigenvalue weighted by atomic mass is 9.98. The lowest BCUT2D eigenvalue weighted by molar-refractivity contribution is -0.171. The number of halogens is 1. The zero-order valence-corrected chi connectivity index (χ0v) is 19.4. The van der Waals surface area contributed by atoms with Gasteiger partial charge >= 0.3 is 0 Å². The van der Waals surface area contributed by atoms with E-state index in [4.69, 9.17) is 0 Å². The van der Waals surface area contributed by atoms with Gasteiger partial charge in [0, 0.05) is 42.7 Å². The van der Waals surface area contributed by atoms with Crippen molar-refractivity contribution in [3.63, 3.8) is 0 Å². The molecule has 2 amide bonds. The highest BCUT2D eigenvalue weighted by Gasteiger charge is 2.44. The summed E-state index contributed by atoms with van der Waals surface area (Å²) in [6.45, 7) is 0.0536. The molecule has 9 nitrogen and oxygen atoms in total. The van der Waals surface area contributed by atoms with E-state index in [2.05, 4.69) is 16.0 Å². The van der Waals surface area contributed by atoms with E-state index in [-0.39, 0.29) is 37.1 Å². The molecular weight excluding hydrogens is 443 g/mol. The van der Waals surface area contributed by atoms with E-state index in [0.717, 1.165) is 0 Å². The van der Waals surface area contributed by atoms with Crippen LogP contribution in [0.2, 0.25) is 0 Å². The van der Waals surface area contributed by atoms with Gasteiger partial charge in [0.05, 0.1) is 5.56 Å². The van der Waals surface area contributed by atoms with E-state index < -0.39 is 23.4 Å². The Morgan fingerprint density at radius 1 is 1.12 bits per heavy atom. The summed E-state index contributed by atoms with van der Waals surface area (Å²) in [6, 6.07) is 9.40. The number of hydrogen-bond acceptors (Lipinski definition) is 8. The Bertz CT molecular complexity index is 1060. The number of imide groups is 1. The van der Waals surface area contributed by atoms with Gasteiger partial charge in [0.15, 0.2) is 12.0 Å². The maximum atomic E-state index is 14.4. The molecule has 1 unspecified atom stereocenters. The van der Waals surface area contributed by atoms with Crippen molar-refractivity contribution in [2.45, 2.75) is 31.7 Å². The summed E-state index contributed by atoms with van der Waals surface area (Å²) >= 11 is 0. The topological polar surface area (TPSA) is 128 Å². The van der Waals surface area contributed by atoms with Crippen LogP contribution in [0.3, 0.4) is 0 Å². The predicted octanol–water partition coefficient (Wildman–Crippen LogP) is 1.46. The Labute approximate surface area is 197 Å². The van der Waals surface area contributed by atoms with Gasteiger partial charge in [0.1, 0.15) is 12.1 Å². The van der Waals surface area contributed by atoms with Gasteiger partial charge in [-0.15, -0.1) is 0 Å². The number of aliphatic hydroxyl groups is 1. The SMILES string of the molecule is CN(Cc1c(C=O)cccc1NCc1cccc(C=O)c1F)C1(O)CCC(=O)NC1=O.CNC. The molecule has 2 aromatic carbocycles. The van der Waals surface area contributed by atoms with Crippen LogP contribution < -0.4 is 16.0 Å². The van der Waals surface area contributed by atoms with Gasteiger partial charge in [-0.05, 0) is 38.8 Å². The Kier molecular flexibility index (Phi) is 9.55. The number of carbonyl (C=O) groups is 4. The summed E-state index contributed by atoms with van der Waals surface area (Å²) in [5.41, 5.74) is -0.376. The number of rotatable bonds is 8. The quantitative estimate of drug-likeness (QED) is 0.258. The third kappa shape index (κ3) is 6.10. The molecule has 182 valence electrons. The summed E-state index contributed by atoms with van der Waals surface area (Å²) in [7, 11) is 5.26. The predicted molar refractivity (Wildman–Crippen MR) is 125 cm³/mol. The second-order valence-corrected chi connectivity index (χ2v) is 7.83. The molecule has 1 aliphatic heterocycles. The molecule has 0 radical (unpaired) electrons. The standard InChI is InChI=1S/C22H22FN3O5.C2H7N/c1-26(22(31)9-8-19(29)25-21(22)30)11-17-15(12-27)5-3-7-18(17)24-10-14-4-2-6-16(13-28)20(14)23;1-3-2/h2-7,12-13,24,31H,8-11H2,1H3,(H,25,29,30);3H,1-2H3. The zero-order valence-electron chi connectivity index (χ0n) is 19.4. The fourth-order valence-electron chi connectivity index (χ4n) is 3.50. The van der Waals surface area contributed by atoms with Crippen LogP contribution in [0.1, 0.15) is 44.7 Å². The van der Waals surface area contributed by atoms with Crippen LogP contribution in [0.15, 0.2) is 36.4 Å². The number of anilines is 1. The van der Waals surface area contributed by atoms with Crippen molar-refractivity contribution >= 4 is 30.1 Å². The molecule has 4 N–H and O–H groups in total. The number of nitrogens with one attached hydrogen (secondary N) is 3. The molecule has 3 rings (SSSR count). The molecular formula is C24H29FN4O5. The Balaban J connectivity index is 0.00000129. The molecule has 1 atom stereocenters. The van der Waals surface area contributed by atoms with Crippen molar-refractivity contribution in [1.29, 1.82) is 0 Å². The minimum atomic E-state index is -1.91. The van der Waals surface area contributed by atoms with Gasteiger partial charge in [0.2, 0.25) is 5.91 Å². The number of nitrogens with zero attached hydrogens (tertiary/aromatic N) is 1. The molecule has 1 heterocycles. The van der Waals surface area contributed by atoms with Crippen LogP contribution in [0.25, 0.3) is 0 Å². The largest absolute Gasteiger partial charge is 0.381 e. The number of likely N-dealkylation sites (N-methyl/N-ethyl adjacent to an activating group) is 1. The summed E-state index contributed by atoms with van der Waals surface area (Å²) in [5, 5.41) is 18.7. The molecule has 10 heteroatoms. The van der Waals surface area contributed by atoms with Crippen LogP contribution in [0.4, 0.5) is 10.1 Å². The van der Waals surface area contributed by atoms with Crippen molar-refractivity contribution < 1.29 is 28.7 Å². The van der Waals surface area contributed by atoms with Crippen molar-refractivity contribution in [2.24, 2.45) is 0 Å². The Morgan fingerprint density at radius 2 is 1.74 bits per heavy atom. The highest BCUT2D eigenvalue weighted by molar-refractivity contribution is 6.01. The summed E-state index contributed by atoms with van der Waals surface area (Å²) in [5.74, 6) is -1.91. The van der Waals surface area contributed by atoms with Crippen molar-refractivity contribution in [1.82, 2.24) is 15.5 Å². The van der Waals surface area contributed by atoms with Crippen molar-refractivity contribution in [2.75, 3.05) is 26.5 Å². The second-order valence-electron chi connectivity index (χ2n) is 7.83. The second kappa shape index (κ2) is 12.1. The molecule has 1 fully saturated rings. The molecule has 0 saturated carbocycles. The smallest absolute Gasteiger partial charge is 0.274 e. The van der Waals surface area contributed by atoms with E-state index in [1.807, 2.05) is 14.1 Å². The molecule has 34 heavy (non-hydrogen) atoms. The van der Waals surface area contributed by atoms with E-state index in [1.165, 1.54) is 24.1 Å². The average Bonchev–Trinajstić information content (AvgIpc) is 2.82. The zero-order chi connectivity index (χ0) is 25.3. The number of carbonyl (C=O) groups excluding carboxylic acids is 4. The first-order valence-electron chi connectivity index (χ1n) is 10.6. The Hall–Kier alpha value is -3.47. The minimum absolute atomic E-state index is 0.00617. The van der Waals surface area contributed by atoms with E-state index >= 15 is 0 Å². The van der Waals surface area contributed by atoms with Gasteiger partial charge in [-0.2, -0.15) is 0 Å². The number of benzene rings is 2. The first-order chi connectivity index (χ1) is 16.2. The molecule has 1 aliphatic rings. The fourth-order valence-corrected chi connectivity index (χ4v) is 3.50. The maximum Gasteiger partial charge on any atom is 0.274 e. The highest BCUT2D eigenvalue weighted by atomic mass is 19.1. The number of aldehydes is 2. The van der Waals surface area contributed by atoms with E-state index in [0.29, 0.717) is 29.4 Å². The normalized spacial score (nSPS) is 17.5. The van der Waals surface area contributed by atoms with E-state index in [1.54, 1.807) is 24.3 Å². The summed E-state index contributed by atoms with van der Waals surface area (Å²) in [6.07, 6.45) is 0.993. The van der Waals surface area contributed by atoms with Crippen molar-refractivity contribution in [3.05, 3.63) is 64.5 Å². The first-order valence-corrected chi connectivity index (χ1v) is 10.6. The average molecular weight is 473 g/mol. The van der Waals surface area contributed by atoms with Crippen molar-refractivity contribution in [3.8, 4) is 0 Å². The molecule has 0 bridgehead atoms. The monoisotopic (exact) mass is 472 g/mol. The van der Waals surface area contributed by atoms with Crippen LogP contribution in [-0.4, -0.2) is 61.3 Å². The van der Waals surface area contributed by atoms with E-state index in [9.17, 15) is 28.7 Å². The lowest BCUT2D eigenvalue weighted by Gasteiger charge is -2.38. The number of hydrogen-bond donors (Lipinski definition) is 4. The minimum Gasteiger partial charge on any atom is -0.381 e. The van der Waals surface area contributed by atoms with Gasteiger partial charge in [-0.25, -0.2) is 4.39 Å². The summed E-state index contributed by atoms with van der Waals surface area (Å²) in [4.78, 5) is 47.6. The van der Waals surface area contributed by atoms with Gasteiger partial charge in [-0.3, -0.25) is 29.4 Å². The number of piperidine rings is 1. The van der Waals surface area contributed by atoms with Gasteiger partial charge in [-0.1, -0.05) is 24.3 Å². The Morgan fingerprint density at radius 3 is 2.35 bits per heavy atom. The lowest BCUT2D eigenvalue weighted by Crippen LogP contribution is -2.61.